The summed E-state index contributed by atoms with van der Waals surface area (Å²) < 4.78 is 0. The first-order chi connectivity index (χ1) is 9.75. The molecular formula is C16H30N2O3. The summed E-state index contributed by atoms with van der Waals surface area (Å²) in [6, 6.07) is 0.0591. The smallest absolute Gasteiger partial charge is 0.329 e. The van der Waals surface area contributed by atoms with Gasteiger partial charge in [0, 0.05) is 19.6 Å². The maximum atomic E-state index is 12.7. The van der Waals surface area contributed by atoms with Crippen LogP contribution in [0.3, 0.4) is 0 Å². The van der Waals surface area contributed by atoms with Crippen LogP contribution in [0.2, 0.25) is 0 Å². The Hall–Kier alpha value is -1.26. The van der Waals surface area contributed by atoms with Crippen LogP contribution in [0.15, 0.2) is 0 Å². The summed E-state index contributed by atoms with van der Waals surface area (Å²) in [5.41, 5.74) is -1.18. The molecule has 1 aliphatic rings. The quantitative estimate of drug-likeness (QED) is 0.848. The second kappa shape index (κ2) is 7.14. The predicted octanol–water partition coefficient (Wildman–Crippen LogP) is 3.19. The summed E-state index contributed by atoms with van der Waals surface area (Å²) in [4.78, 5) is 27.3. The van der Waals surface area contributed by atoms with E-state index in [0.717, 1.165) is 31.6 Å². The summed E-state index contributed by atoms with van der Waals surface area (Å²) in [7, 11) is 1.81. The minimum Gasteiger partial charge on any atom is -0.480 e. The number of nitrogens with zero attached hydrogens (tertiary/aromatic N) is 2. The van der Waals surface area contributed by atoms with E-state index in [1.807, 2.05) is 6.92 Å². The van der Waals surface area contributed by atoms with Crippen LogP contribution in [0.1, 0.15) is 59.8 Å². The van der Waals surface area contributed by atoms with E-state index in [9.17, 15) is 14.7 Å². The third kappa shape index (κ3) is 3.89. The SMILES string of the molecule is CCC1CCC(N(C)C(=O)N(CC)C(C)(C)C(=O)O)CC1. The van der Waals surface area contributed by atoms with Crippen molar-refractivity contribution in [2.75, 3.05) is 13.6 Å². The average Bonchev–Trinajstić information content (AvgIpc) is 2.46. The van der Waals surface area contributed by atoms with Gasteiger partial charge in [0.1, 0.15) is 5.54 Å². The Labute approximate surface area is 128 Å². The van der Waals surface area contributed by atoms with Crippen LogP contribution in [-0.4, -0.2) is 52.1 Å². The van der Waals surface area contributed by atoms with Crippen molar-refractivity contribution in [1.29, 1.82) is 0 Å². The van der Waals surface area contributed by atoms with Crippen LogP contribution in [-0.2, 0) is 4.79 Å². The lowest BCUT2D eigenvalue weighted by Gasteiger charge is -2.41. The van der Waals surface area contributed by atoms with Gasteiger partial charge in [-0.2, -0.15) is 0 Å². The van der Waals surface area contributed by atoms with Crippen LogP contribution in [0.4, 0.5) is 4.79 Å². The summed E-state index contributed by atoms with van der Waals surface area (Å²) >= 11 is 0. The molecule has 0 saturated heterocycles. The second-order valence-corrected chi connectivity index (χ2v) is 6.58. The van der Waals surface area contributed by atoms with Gasteiger partial charge in [0.25, 0.3) is 0 Å². The molecule has 0 heterocycles. The average molecular weight is 298 g/mol. The molecule has 2 amide bonds. The van der Waals surface area contributed by atoms with Crippen LogP contribution >= 0.6 is 0 Å². The molecule has 122 valence electrons. The molecule has 0 aromatic carbocycles. The summed E-state index contributed by atoms with van der Waals surface area (Å²) in [6.45, 7) is 7.60. The maximum Gasteiger partial charge on any atom is 0.329 e. The number of carbonyl (C=O) groups excluding carboxylic acids is 1. The lowest BCUT2D eigenvalue weighted by Crippen LogP contribution is -2.58. The number of carbonyl (C=O) groups is 2. The van der Waals surface area contributed by atoms with Crippen LogP contribution < -0.4 is 0 Å². The maximum absolute atomic E-state index is 12.7. The van der Waals surface area contributed by atoms with E-state index in [0.29, 0.717) is 6.54 Å². The summed E-state index contributed by atoms with van der Waals surface area (Å²) in [5.74, 6) is -0.191. The predicted molar refractivity (Wildman–Crippen MR) is 83.3 cm³/mol. The van der Waals surface area contributed by atoms with Crippen molar-refractivity contribution in [2.45, 2.75) is 71.4 Å². The van der Waals surface area contributed by atoms with E-state index in [1.165, 1.54) is 11.3 Å². The van der Waals surface area contributed by atoms with Gasteiger partial charge in [-0.15, -0.1) is 0 Å². The number of amides is 2. The fraction of sp³-hybridized carbons (Fsp3) is 0.875. The first kappa shape index (κ1) is 17.8. The first-order valence-electron chi connectivity index (χ1n) is 8.03. The van der Waals surface area contributed by atoms with Crippen molar-refractivity contribution >= 4 is 12.0 Å². The van der Waals surface area contributed by atoms with E-state index < -0.39 is 11.5 Å². The topological polar surface area (TPSA) is 60.9 Å². The summed E-state index contributed by atoms with van der Waals surface area (Å²) in [5, 5.41) is 9.34. The molecule has 5 heteroatoms. The zero-order valence-electron chi connectivity index (χ0n) is 14.1. The minimum absolute atomic E-state index is 0.176. The number of hydrogen-bond acceptors (Lipinski definition) is 2. The summed E-state index contributed by atoms with van der Waals surface area (Å²) in [6.07, 6.45) is 5.57. The molecule has 0 radical (unpaired) electrons. The third-order valence-corrected chi connectivity index (χ3v) is 4.99. The molecule has 0 aliphatic heterocycles. The number of carboxylic acid groups (broad SMARTS) is 1. The van der Waals surface area contributed by atoms with Crippen molar-refractivity contribution in [3.63, 3.8) is 0 Å². The Morgan fingerprint density at radius 2 is 1.67 bits per heavy atom. The molecule has 0 spiro atoms. The van der Waals surface area contributed by atoms with Crippen LogP contribution in [0.5, 0.6) is 0 Å². The van der Waals surface area contributed by atoms with Crippen molar-refractivity contribution < 1.29 is 14.7 Å². The normalized spacial score (nSPS) is 22.7. The van der Waals surface area contributed by atoms with E-state index in [2.05, 4.69) is 6.92 Å². The van der Waals surface area contributed by atoms with Gasteiger partial charge in [-0.3, -0.25) is 0 Å². The Morgan fingerprint density at radius 1 is 1.14 bits per heavy atom. The van der Waals surface area contributed by atoms with Gasteiger partial charge >= 0.3 is 12.0 Å². The molecule has 1 N–H and O–H groups in total. The fourth-order valence-electron chi connectivity index (χ4n) is 3.17. The van der Waals surface area contributed by atoms with Gasteiger partial charge < -0.3 is 14.9 Å². The molecule has 0 atom stereocenters. The van der Waals surface area contributed by atoms with E-state index >= 15 is 0 Å². The zero-order chi connectivity index (χ0) is 16.2. The highest BCUT2D eigenvalue weighted by Crippen LogP contribution is 2.30. The van der Waals surface area contributed by atoms with E-state index in [4.69, 9.17) is 0 Å². The second-order valence-electron chi connectivity index (χ2n) is 6.58. The monoisotopic (exact) mass is 298 g/mol. The van der Waals surface area contributed by atoms with Crippen molar-refractivity contribution in [3.8, 4) is 0 Å². The highest BCUT2D eigenvalue weighted by molar-refractivity contribution is 5.85. The van der Waals surface area contributed by atoms with Crippen molar-refractivity contribution in [2.24, 2.45) is 5.92 Å². The van der Waals surface area contributed by atoms with Gasteiger partial charge in [-0.05, 0) is 52.4 Å². The molecule has 1 saturated carbocycles. The van der Waals surface area contributed by atoms with Crippen molar-refractivity contribution in [1.82, 2.24) is 9.80 Å². The molecule has 1 rings (SSSR count). The Balaban J connectivity index is 2.74. The molecule has 0 aromatic rings. The number of aliphatic carboxylic acids is 1. The molecule has 0 aromatic heterocycles. The lowest BCUT2D eigenvalue weighted by molar-refractivity contribution is -0.147. The third-order valence-electron chi connectivity index (χ3n) is 4.99. The Bertz CT molecular complexity index is 374. The highest BCUT2D eigenvalue weighted by atomic mass is 16.4. The molecular weight excluding hydrogens is 268 g/mol. The van der Waals surface area contributed by atoms with Gasteiger partial charge in [-0.1, -0.05) is 13.3 Å². The lowest BCUT2D eigenvalue weighted by atomic mass is 9.84. The number of hydrogen-bond donors (Lipinski definition) is 1. The molecule has 21 heavy (non-hydrogen) atoms. The number of likely N-dealkylation sites (N-methyl/N-ethyl adjacent to an activating group) is 1. The molecule has 1 aliphatic carbocycles. The number of rotatable bonds is 5. The number of urea groups is 1. The van der Waals surface area contributed by atoms with E-state index in [1.54, 1.807) is 25.8 Å². The fourth-order valence-corrected chi connectivity index (χ4v) is 3.17. The molecule has 0 unspecified atom stereocenters. The largest absolute Gasteiger partial charge is 0.480 e. The zero-order valence-corrected chi connectivity index (χ0v) is 14.1. The minimum atomic E-state index is -1.18. The first-order valence-corrected chi connectivity index (χ1v) is 8.03. The molecule has 5 nitrogen and oxygen atoms in total. The van der Waals surface area contributed by atoms with E-state index in [-0.39, 0.29) is 12.1 Å². The van der Waals surface area contributed by atoms with Gasteiger partial charge in [0.05, 0.1) is 0 Å². The van der Waals surface area contributed by atoms with Gasteiger partial charge in [0.15, 0.2) is 0 Å². The Kier molecular flexibility index (Phi) is 6.05. The van der Waals surface area contributed by atoms with Crippen molar-refractivity contribution in [3.05, 3.63) is 0 Å². The molecule has 1 fully saturated rings. The van der Waals surface area contributed by atoms with Crippen LogP contribution in [0.25, 0.3) is 0 Å². The van der Waals surface area contributed by atoms with Gasteiger partial charge in [0.2, 0.25) is 0 Å². The standard InChI is InChI=1S/C16H30N2O3/c1-6-12-8-10-13(11-9-12)17(5)15(21)18(7-2)16(3,4)14(19)20/h12-13H,6-11H2,1-5H3,(H,19,20). The van der Waals surface area contributed by atoms with Gasteiger partial charge in [-0.25, -0.2) is 9.59 Å². The number of carboxylic acids is 1. The van der Waals surface area contributed by atoms with Crippen LogP contribution in [0, 0.1) is 5.92 Å². The highest BCUT2D eigenvalue weighted by Gasteiger charge is 2.39. The molecule has 0 bridgehead atoms. The Morgan fingerprint density at radius 3 is 2.05 bits per heavy atom.